The van der Waals surface area contributed by atoms with E-state index >= 15 is 0 Å². The molecule has 7 fully saturated rings. The summed E-state index contributed by atoms with van der Waals surface area (Å²) in [5.74, 6) is 5.00. The van der Waals surface area contributed by atoms with Crippen molar-refractivity contribution >= 4 is 11.6 Å². The minimum Gasteiger partial charge on any atom is -0.381 e. The van der Waals surface area contributed by atoms with Crippen LogP contribution in [-0.2, 0) is 19.1 Å². The zero-order chi connectivity index (χ0) is 32.3. The van der Waals surface area contributed by atoms with Gasteiger partial charge in [0.2, 0.25) is 0 Å². The van der Waals surface area contributed by atoms with Crippen LogP contribution in [0.4, 0.5) is 0 Å². The first-order chi connectivity index (χ1) is 22.2. The van der Waals surface area contributed by atoms with Crippen molar-refractivity contribution in [1.82, 2.24) is 9.80 Å². The third-order valence-corrected chi connectivity index (χ3v) is 15.4. The Kier molecular flexibility index (Phi) is 10.1. The minimum atomic E-state index is 0.0814. The molecule has 0 N–H and O–H groups in total. The van der Waals surface area contributed by atoms with Gasteiger partial charge in [-0.05, 0) is 125 Å². The predicted molar refractivity (Wildman–Crippen MR) is 182 cm³/mol. The molecule has 7 rings (SSSR count). The number of hydrogen-bond acceptors (Lipinski definition) is 6. The number of hydrogen-bond donors (Lipinski definition) is 0. The van der Waals surface area contributed by atoms with Crippen molar-refractivity contribution in [2.45, 2.75) is 154 Å². The third-order valence-electron chi connectivity index (χ3n) is 15.4. The van der Waals surface area contributed by atoms with Crippen molar-refractivity contribution in [2.24, 2.45) is 59.2 Å². The summed E-state index contributed by atoms with van der Waals surface area (Å²) in [5.41, 5.74) is 0. The molecule has 12 atom stereocenters. The van der Waals surface area contributed by atoms with Gasteiger partial charge in [-0.2, -0.15) is 0 Å². The summed E-state index contributed by atoms with van der Waals surface area (Å²) < 4.78 is 11.5. The Labute approximate surface area is 280 Å². The highest BCUT2D eigenvalue weighted by Crippen LogP contribution is 2.54. The first kappa shape index (κ1) is 33.7. The van der Waals surface area contributed by atoms with E-state index in [1.807, 2.05) is 14.2 Å². The molecular weight excluding hydrogens is 572 g/mol. The minimum absolute atomic E-state index is 0.0814. The summed E-state index contributed by atoms with van der Waals surface area (Å²) >= 11 is 0. The van der Waals surface area contributed by atoms with Gasteiger partial charge in [-0.1, -0.05) is 27.7 Å². The molecule has 7 aliphatic rings. The van der Waals surface area contributed by atoms with E-state index in [-0.39, 0.29) is 35.8 Å². The van der Waals surface area contributed by atoms with Crippen LogP contribution in [-0.4, -0.2) is 85.1 Å². The van der Waals surface area contributed by atoms with Crippen LogP contribution in [0.2, 0.25) is 0 Å². The standard InChI is InChI=1S/C40H66N2O4/c1-23-7-9-25(3)37-35(23)39(43)31-19-34-32(20-33(31)41(37)21-27-11-15-29(45-5)16-12-27)40(44)36-24(2)8-10-26(4)38(36)42(34)22-28-13-17-30(46-6)18-14-28/h23-38H,7-22H2,1-6H3. The van der Waals surface area contributed by atoms with Crippen molar-refractivity contribution in [3.63, 3.8) is 0 Å². The van der Waals surface area contributed by atoms with E-state index in [9.17, 15) is 9.59 Å². The lowest BCUT2D eigenvalue weighted by atomic mass is 9.55. The molecule has 5 aliphatic carbocycles. The SMILES string of the molecule is COC1CCC(CN2C3CC4C(=O)C5C(C)CCC(C)C5N(CC5CCC(OC)CC5)C4CC3C(=O)C3C(C)CCC(C)C32)CC1. The molecule has 6 heteroatoms. The first-order valence-corrected chi connectivity index (χ1v) is 19.8. The van der Waals surface area contributed by atoms with E-state index in [1.165, 1.54) is 51.4 Å². The van der Waals surface area contributed by atoms with Crippen molar-refractivity contribution in [3.8, 4) is 0 Å². The molecule has 260 valence electrons. The number of rotatable bonds is 6. The summed E-state index contributed by atoms with van der Waals surface area (Å²) in [4.78, 5) is 35.5. The number of ether oxygens (including phenoxy) is 2. The zero-order valence-electron chi connectivity index (χ0n) is 30.1. The number of likely N-dealkylation sites (tertiary alicyclic amines) is 2. The van der Waals surface area contributed by atoms with Crippen LogP contribution in [0.3, 0.4) is 0 Å². The van der Waals surface area contributed by atoms with Crippen LogP contribution in [0.15, 0.2) is 0 Å². The van der Waals surface area contributed by atoms with Gasteiger partial charge in [0, 0.05) is 75.1 Å². The summed E-state index contributed by atoms with van der Waals surface area (Å²) in [7, 11) is 3.74. The normalized spacial score (nSPS) is 50.3. The molecule has 0 aromatic carbocycles. The monoisotopic (exact) mass is 639 g/mol. The molecule has 0 amide bonds. The van der Waals surface area contributed by atoms with Gasteiger partial charge in [0.1, 0.15) is 11.6 Å². The second-order valence-electron chi connectivity index (χ2n) is 17.9. The zero-order valence-corrected chi connectivity index (χ0v) is 30.1. The van der Waals surface area contributed by atoms with Gasteiger partial charge >= 0.3 is 0 Å². The van der Waals surface area contributed by atoms with Crippen molar-refractivity contribution in [3.05, 3.63) is 0 Å². The molecule has 12 unspecified atom stereocenters. The highest BCUT2D eigenvalue weighted by Gasteiger charge is 2.61. The Hall–Kier alpha value is -0.820. The molecule has 0 spiro atoms. The van der Waals surface area contributed by atoms with Gasteiger partial charge in [-0.3, -0.25) is 19.4 Å². The molecule has 0 bridgehead atoms. The summed E-state index contributed by atoms with van der Waals surface area (Å²) in [6.07, 6.45) is 17.0. The number of Topliss-reactive ketones (excluding diaryl/α,β-unsaturated/α-hetero) is 2. The lowest BCUT2D eigenvalue weighted by Gasteiger charge is -2.63. The molecule has 0 aromatic heterocycles. The highest BCUT2D eigenvalue weighted by atomic mass is 16.5. The Morgan fingerprint density at radius 2 is 0.870 bits per heavy atom. The summed E-state index contributed by atoms with van der Waals surface area (Å²) in [6, 6.07) is 1.17. The lowest BCUT2D eigenvalue weighted by Crippen LogP contribution is -2.72. The Bertz CT molecular complexity index is 997. The maximum Gasteiger partial charge on any atom is 0.142 e. The van der Waals surface area contributed by atoms with E-state index < -0.39 is 0 Å². The van der Waals surface area contributed by atoms with E-state index in [2.05, 4.69) is 37.5 Å². The van der Waals surface area contributed by atoms with Gasteiger partial charge < -0.3 is 9.47 Å². The fraction of sp³-hybridized carbons (Fsp3) is 0.950. The molecular formula is C40H66N2O4. The van der Waals surface area contributed by atoms with Crippen LogP contribution in [0.1, 0.15) is 118 Å². The van der Waals surface area contributed by atoms with Crippen molar-refractivity contribution < 1.29 is 19.1 Å². The van der Waals surface area contributed by atoms with Gasteiger partial charge in [0.05, 0.1) is 12.2 Å². The van der Waals surface area contributed by atoms with Crippen molar-refractivity contribution in [1.29, 1.82) is 0 Å². The maximum atomic E-state index is 14.8. The summed E-state index contributed by atoms with van der Waals surface area (Å²) in [5, 5.41) is 0. The predicted octanol–water partition coefficient (Wildman–Crippen LogP) is 7.03. The molecule has 2 aliphatic heterocycles. The molecule has 0 aromatic rings. The van der Waals surface area contributed by atoms with Gasteiger partial charge in [-0.25, -0.2) is 0 Å². The van der Waals surface area contributed by atoms with Gasteiger partial charge in [-0.15, -0.1) is 0 Å². The van der Waals surface area contributed by atoms with E-state index in [0.29, 0.717) is 71.4 Å². The number of carbonyl (C=O) groups is 2. The lowest BCUT2D eigenvalue weighted by molar-refractivity contribution is -0.173. The van der Waals surface area contributed by atoms with Gasteiger partial charge in [0.25, 0.3) is 0 Å². The van der Waals surface area contributed by atoms with Crippen LogP contribution in [0.25, 0.3) is 0 Å². The average Bonchev–Trinajstić information content (AvgIpc) is 3.07. The second kappa shape index (κ2) is 13.8. The van der Waals surface area contributed by atoms with Crippen molar-refractivity contribution in [2.75, 3.05) is 27.3 Å². The molecule has 2 heterocycles. The fourth-order valence-corrected chi connectivity index (χ4v) is 12.8. The quantitative estimate of drug-likeness (QED) is 0.311. The molecule has 5 saturated carbocycles. The van der Waals surface area contributed by atoms with Crippen LogP contribution >= 0.6 is 0 Å². The number of nitrogens with zero attached hydrogens (tertiary/aromatic N) is 2. The number of carbonyl (C=O) groups excluding carboxylic acids is 2. The fourth-order valence-electron chi connectivity index (χ4n) is 12.8. The third kappa shape index (κ3) is 6.00. The Morgan fingerprint density at radius 1 is 0.522 bits per heavy atom. The average molecular weight is 639 g/mol. The Morgan fingerprint density at radius 3 is 1.22 bits per heavy atom. The van der Waals surface area contributed by atoms with E-state index in [1.54, 1.807) is 0 Å². The van der Waals surface area contributed by atoms with Crippen LogP contribution in [0.5, 0.6) is 0 Å². The van der Waals surface area contributed by atoms with Crippen LogP contribution < -0.4 is 0 Å². The smallest absolute Gasteiger partial charge is 0.142 e. The molecule has 6 nitrogen and oxygen atoms in total. The molecule has 2 saturated heterocycles. The summed E-state index contributed by atoms with van der Waals surface area (Å²) in [6.45, 7) is 11.8. The van der Waals surface area contributed by atoms with E-state index in [4.69, 9.17) is 9.47 Å². The number of piperidine rings is 2. The topological polar surface area (TPSA) is 59.1 Å². The maximum absolute atomic E-state index is 14.8. The Balaban J connectivity index is 1.21. The first-order valence-electron chi connectivity index (χ1n) is 19.8. The van der Waals surface area contributed by atoms with Gasteiger partial charge in [0.15, 0.2) is 0 Å². The number of methoxy groups -OCH3 is 2. The molecule has 46 heavy (non-hydrogen) atoms. The largest absolute Gasteiger partial charge is 0.381 e. The van der Waals surface area contributed by atoms with E-state index in [0.717, 1.165) is 51.6 Å². The van der Waals surface area contributed by atoms with Crippen LogP contribution in [0, 0.1) is 59.2 Å². The number of fused-ring (bicyclic) bond motifs is 4. The number of ketones is 2. The molecule has 0 radical (unpaired) electrons. The second-order valence-corrected chi connectivity index (χ2v) is 17.9. The highest BCUT2D eigenvalue weighted by molar-refractivity contribution is 5.89.